The first-order chi connectivity index (χ1) is 29.4. The maximum atomic E-state index is 13.0. The molecular weight excluding hydrogens is 780 g/mol. The van der Waals surface area contributed by atoms with E-state index >= 15 is 0 Å². The monoisotopic (exact) mass is 828 g/mol. The highest BCUT2D eigenvalue weighted by Gasteiger charge is 2.14. The Bertz CT molecular complexity index is 2040. The molecule has 0 radical (unpaired) electrons. The molecule has 1 aliphatic carbocycles. The van der Waals surface area contributed by atoms with E-state index in [0.29, 0.717) is 53.2 Å². The molecular formula is C45H48O15. The lowest BCUT2D eigenvalue weighted by atomic mass is 9.98. The van der Waals surface area contributed by atoms with E-state index in [-0.39, 0.29) is 116 Å². The zero-order valence-corrected chi connectivity index (χ0v) is 33.2. The van der Waals surface area contributed by atoms with Gasteiger partial charge in [0.15, 0.2) is 0 Å². The second-order valence-corrected chi connectivity index (χ2v) is 12.3. The average molecular weight is 829 g/mol. The van der Waals surface area contributed by atoms with Crippen molar-refractivity contribution in [1.82, 2.24) is 0 Å². The number of carbonyl (C=O) groups is 3. The van der Waals surface area contributed by atoms with Gasteiger partial charge in [0.25, 0.3) is 0 Å². The molecule has 3 N–H and O–H groups in total. The van der Waals surface area contributed by atoms with Gasteiger partial charge in [0.2, 0.25) is 0 Å². The van der Waals surface area contributed by atoms with Gasteiger partial charge in [-0.05, 0) is 54.6 Å². The third-order valence-corrected chi connectivity index (χ3v) is 7.97. The predicted octanol–water partition coefficient (Wildman–Crippen LogP) is 1.75. The molecule has 1 aliphatic rings. The van der Waals surface area contributed by atoms with Crippen LogP contribution in [0.1, 0.15) is 64.5 Å². The molecule has 15 nitrogen and oxygen atoms in total. The van der Waals surface area contributed by atoms with Crippen molar-refractivity contribution < 1.29 is 72.3 Å². The molecule has 0 saturated carbocycles. The molecule has 0 heterocycles. The third-order valence-electron chi connectivity index (χ3n) is 7.97. The lowest BCUT2D eigenvalue weighted by Crippen LogP contribution is -2.14. The SMILES string of the molecule is O=C(OCCOCCOCCO)c1ccc2c(c1)C#Cc1ccc(C(=O)OCCOCCOCCO)cc1C#Cc1cc(C(=O)OCCOCCOCCO)ccc1C#C2. The Labute approximate surface area is 348 Å². The first-order valence-corrected chi connectivity index (χ1v) is 19.2. The Morgan fingerprint density at radius 1 is 0.333 bits per heavy atom. The molecule has 0 atom stereocenters. The molecule has 0 aliphatic heterocycles. The maximum absolute atomic E-state index is 13.0. The van der Waals surface area contributed by atoms with E-state index in [1.54, 1.807) is 54.6 Å². The minimum atomic E-state index is -0.606. The summed E-state index contributed by atoms with van der Waals surface area (Å²) in [6.07, 6.45) is 0. The van der Waals surface area contributed by atoms with Crippen molar-refractivity contribution in [3.05, 3.63) is 105 Å². The fourth-order valence-electron chi connectivity index (χ4n) is 5.04. The number of aliphatic hydroxyl groups is 3. The Hall–Kier alpha value is -5.61. The summed E-state index contributed by atoms with van der Waals surface area (Å²) in [7, 11) is 0. The Morgan fingerprint density at radius 2 is 0.567 bits per heavy atom. The second kappa shape index (κ2) is 28.0. The van der Waals surface area contributed by atoms with Gasteiger partial charge in [-0.3, -0.25) is 0 Å². The Balaban J connectivity index is 1.57. The molecule has 0 fully saturated rings. The first-order valence-electron chi connectivity index (χ1n) is 19.2. The summed E-state index contributed by atoms with van der Waals surface area (Å²) in [5.41, 5.74) is 3.40. The number of ether oxygens (including phenoxy) is 9. The molecule has 0 unspecified atom stereocenters. The number of carbonyl (C=O) groups excluding carboxylic acids is 3. The number of hydrogen-bond acceptors (Lipinski definition) is 15. The van der Waals surface area contributed by atoms with Crippen LogP contribution in [0.3, 0.4) is 0 Å². The van der Waals surface area contributed by atoms with Crippen LogP contribution in [0.5, 0.6) is 0 Å². The summed E-state index contributed by atoms with van der Waals surface area (Å²) in [5, 5.41) is 26.4. The standard InChI is InChI=1S/C45H48O15/c46-13-16-52-19-22-55-25-28-58-43(49)40-10-4-34-1-2-35-5-11-41(44(50)59-29-26-56-23-20-53-17-14-47)32-38(35)8-9-39-33-42(12-6-36(39)3-7-37(34)31-40)45(51)60-30-27-57-24-21-54-18-15-48/h4-6,10-12,31-33,46-48H,13-30H2. The first kappa shape index (κ1) is 47.1. The van der Waals surface area contributed by atoms with E-state index in [2.05, 4.69) is 35.5 Å². The summed E-state index contributed by atoms with van der Waals surface area (Å²) >= 11 is 0. The van der Waals surface area contributed by atoms with E-state index in [9.17, 15) is 14.4 Å². The number of aliphatic hydroxyl groups excluding tert-OH is 3. The maximum Gasteiger partial charge on any atom is 0.338 e. The van der Waals surface area contributed by atoms with Gasteiger partial charge in [-0.15, -0.1) is 0 Å². The molecule has 0 spiro atoms. The van der Waals surface area contributed by atoms with Crippen LogP contribution in [0.4, 0.5) is 0 Å². The lowest BCUT2D eigenvalue weighted by molar-refractivity contribution is 0.00901. The number of fused-ring (bicyclic) bond motifs is 3. The van der Waals surface area contributed by atoms with E-state index in [4.69, 9.17) is 58.0 Å². The quantitative estimate of drug-likeness (QED) is 0.0340. The fraction of sp³-hybridized carbons (Fsp3) is 0.400. The fourth-order valence-corrected chi connectivity index (χ4v) is 5.04. The zero-order valence-electron chi connectivity index (χ0n) is 33.2. The van der Waals surface area contributed by atoms with Gasteiger partial charge in [-0.1, -0.05) is 35.5 Å². The largest absolute Gasteiger partial charge is 0.460 e. The van der Waals surface area contributed by atoms with Crippen molar-refractivity contribution in [1.29, 1.82) is 0 Å². The highest BCUT2D eigenvalue weighted by Crippen LogP contribution is 2.18. The molecule has 60 heavy (non-hydrogen) atoms. The van der Waals surface area contributed by atoms with Gasteiger partial charge in [0.1, 0.15) is 19.8 Å². The van der Waals surface area contributed by atoms with Gasteiger partial charge < -0.3 is 58.0 Å². The number of rotatable bonds is 27. The molecule has 15 heteroatoms. The lowest BCUT2D eigenvalue weighted by Gasteiger charge is -2.09. The summed E-state index contributed by atoms with van der Waals surface area (Å²) in [6.45, 7) is 2.58. The summed E-state index contributed by atoms with van der Waals surface area (Å²) in [6, 6.07) is 14.4. The number of esters is 3. The van der Waals surface area contributed by atoms with E-state index in [1.165, 1.54) is 0 Å². The normalized spacial score (nSPS) is 11.1. The smallest absolute Gasteiger partial charge is 0.338 e. The van der Waals surface area contributed by atoms with Crippen molar-refractivity contribution in [3.63, 3.8) is 0 Å². The van der Waals surface area contributed by atoms with Crippen molar-refractivity contribution in [3.8, 4) is 35.5 Å². The Kier molecular flexibility index (Phi) is 21.9. The minimum absolute atomic E-state index is 0.000855. The van der Waals surface area contributed by atoms with Crippen LogP contribution >= 0.6 is 0 Å². The molecule has 0 amide bonds. The zero-order chi connectivity index (χ0) is 42.6. The van der Waals surface area contributed by atoms with Crippen LogP contribution in [0.15, 0.2) is 54.6 Å². The number of benzene rings is 3. The summed E-state index contributed by atoms with van der Waals surface area (Å²) < 4.78 is 47.9. The van der Waals surface area contributed by atoms with Gasteiger partial charge >= 0.3 is 17.9 Å². The van der Waals surface area contributed by atoms with Gasteiger partial charge in [0.05, 0.1) is 116 Å². The molecule has 3 aromatic carbocycles. The van der Waals surface area contributed by atoms with Gasteiger partial charge in [-0.2, -0.15) is 0 Å². The van der Waals surface area contributed by atoms with Crippen LogP contribution in [-0.4, -0.2) is 152 Å². The minimum Gasteiger partial charge on any atom is -0.460 e. The summed E-state index contributed by atoms with van der Waals surface area (Å²) in [4.78, 5) is 39.0. The molecule has 318 valence electrons. The predicted molar refractivity (Wildman–Crippen MR) is 214 cm³/mol. The number of hydrogen-bond donors (Lipinski definition) is 3. The van der Waals surface area contributed by atoms with Crippen LogP contribution in [-0.2, 0) is 42.6 Å². The van der Waals surface area contributed by atoms with Crippen LogP contribution in [0.2, 0.25) is 0 Å². The molecule has 0 saturated heterocycles. The van der Waals surface area contributed by atoms with E-state index in [0.717, 1.165) is 0 Å². The van der Waals surface area contributed by atoms with Crippen molar-refractivity contribution >= 4 is 17.9 Å². The van der Waals surface area contributed by atoms with Crippen LogP contribution in [0.25, 0.3) is 0 Å². The average Bonchev–Trinajstić information content (AvgIpc) is 3.26. The topological polar surface area (TPSA) is 195 Å². The third kappa shape index (κ3) is 16.9. The second-order valence-electron chi connectivity index (χ2n) is 12.3. The summed E-state index contributed by atoms with van der Waals surface area (Å²) in [5.74, 6) is 16.9. The Morgan fingerprint density at radius 3 is 0.833 bits per heavy atom. The molecule has 4 rings (SSSR count). The van der Waals surface area contributed by atoms with Crippen molar-refractivity contribution in [2.45, 2.75) is 0 Å². The van der Waals surface area contributed by atoms with E-state index in [1.807, 2.05) is 0 Å². The van der Waals surface area contributed by atoms with Crippen LogP contribution in [0, 0.1) is 35.5 Å². The highest BCUT2D eigenvalue weighted by atomic mass is 16.6. The molecule has 0 bridgehead atoms. The van der Waals surface area contributed by atoms with Crippen molar-refractivity contribution in [2.75, 3.05) is 119 Å². The van der Waals surface area contributed by atoms with Crippen LogP contribution < -0.4 is 0 Å². The van der Waals surface area contributed by atoms with Gasteiger partial charge in [-0.25, -0.2) is 14.4 Å². The molecule has 3 aromatic rings. The van der Waals surface area contributed by atoms with E-state index < -0.39 is 17.9 Å². The van der Waals surface area contributed by atoms with Crippen molar-refractivity contribution in [2.24, 2.45) is 0 Å². The molecule has 0 aromatic heterocycles. The highest BCUT2D eigenvalue weighted by molar-refractivity contribution is 5.92. The van der Waals surface area contributed by atoms with Gasteiger partial charge in [0, 0.05) is 33.4 Å².